The zero-order chi connectivity index (χ0) is 25.2. The van der Waals surface area contributed by atoms with Crippen LogP contribution < -0.4 is 10.1 Å². The van der Waals surface area contributed by atoms with Crippen LogP contribution in [-0.2, 0) is 0 Å². The Morgan fingerprint density at radius 1 is 1.08 bits per heavy atom. The normalized spacial score (nSPS) is 22.1. The van der Waals surface area contributed by atoms with E-state index < -0.39 is 6.61 Å². The molecule has 194 valence electrons. The fourth-order valence-electron chi connectivity index (χ4n) is 6.25. The molecule has 0 radical (unpaired) electrons. The Hall–Kier alpha value is -2.51. The van der Waals surface area contributed by atoms with Gasteiger partial charge in [0.2, 0.25) is 0 Å². The summed E-state index contributed by atoms with van der Waals surface area (Å²) < 4.78 is 29.4. The number of likely N-dealkylation sites (tertiary alicyclic amines) is 1. The van der Waals surface area contributed by atoms with E-state index in [-0.39, 0.29) is 5.75 Å². The van der Waals surface area contributed by atoms with E-state index in [1.54, 1.807) is 24.3 Å². The molecular weight excluding hydrogens is 458 g/mol. The number of nitrogens with zero attached hydrogens (tertiary/aromatic N) is 2. The summed E-state index contributed by atoms with van der Waals surface area (Å²) in [7, 11) is 0. The highest BCUT2D eigenvalue weighted by Gasteiger charge is 2.34. The SMILES string of the molecule is Cc1cc(C2CCN(C3CCNCC3)[C@H](CC(C)C)C2)cc2[nH]c(-c3ccc(OC(F)F)cc3)nc12. The Bertz CT molecular complexity index is 1150. The lowest BCUT2D eigenvalue weighted by atomic mass is 9.80. The summed E-state index contributed by atoms with van der Waals surface area (Å²) >= 11 is 0. The topological polar surface area (TPSA) is 53.2 Å². The zero-order valence-electron chi connectivity index (χ0n) is 21.6. The highest BCUT2D eigenvalue weighted by molar-refractivity contribution is 5.83. The van der Waals surface area contributed by atoms with E-state index in [1.807, 2.05) is 0 Å². The van der Waals surface area contributed by atoms with Crippen molar-refractivity contribution in [3.05, 3.63) is 47.5 Å². The molecule has 3 heterocycles. The molecule has 36 heavy (non-hydrogen) atoms. The van der Waals surface area contributed by atoms with Gasteiger partial charge in [0.1, 0.15) is 11.6 Å². The molecule has 2 aliphatic heterocycles. The van der Waals surface area contributed by atoms with E-state index in [2.05, 4.69) is 52.8 Å². The van der Waals surface area contributed by atoms with Crippen molar-refractivity contribution >= 4 is 11.0 Å². The summed E-state index contributed by atoms with van der Waals surface area (Å²) in [6.07, 6.45) is 6.17. The number of halogens is 2. The average molecular weight is 497 g/mol. The summed E-state index contributed by atoms with van der Waals surface area (Å²) in [5, 5.41) is 3.52. The van der Waals surface area contributed by atoms with Crippen LogP contribution in [0.5, 0.6) is 5.75 Å². The maximum absolute atomic E-state index is 12.5. The molecule has 7 heteroatoms. The predicted molar refractivity (Wildman–Crippen MR) is 141 cm³/mol. The Morgan fingerprint density at radius 3 is 2.53 bits per heavy atom. The first-order valence-electron chi connectivity index (χ1n) is 13.4. The van der Waals surface area contributed by atoms with Crippen LogP contribution in [0.25, 0.3) is 22.4 Å². The molecule has 2 fully saturated rings. The smallest absolute Gasteiger partial charge is 0.387 e. The molecule has 1 aromatic heterocycles. The number of nitrogens with one attached hydrogen (secondary N) is 2. The number of ether oxygens (including phenoxy) is 1. The van der Waals surface area contributed by atoms with Gasteiger partial charge in [-0.15, -0.1) is 0 Å². The highest BCUT2D eigenvalue weighted by Crippen LogP contribution is 2.38. The van der Waals surface area contributed by atoms with E-state index >= 15 is 0 Å². The first kappa shape index (κ1) is 25.2. The average Bonchev–Trinajstić information content (AvgIpc) is 3.29. The molecule has 5 nitrogen and oxygen atoms in total. The molecule has 2 aliphatic rings. The predicted octanol–water partition coefficient (Wildman–Crippen LogP) is 6.49. The van der Waals surface area contributed by atoms with Crippen LogP contribution in [0.4, 0.5) is 8.78 Å². The Labute approximate surface area is 212 Å². The number of aromatic amines is 1. The number of fused-ring (bicyclic) bond motifs is 1. The number of piperidine rings is 2. The first-order valence-corrected chi connectivity index (χ1v) is 13.4. The molecule has 2 N–H and O–H groups in total. The lowest BCUT2D eigenvalue weighted by Crippen LogP contribution is -2.51. The van der Waals surface area contributed by atoms with Crippen LogP contribution in [0.2, 0.25) is 0 Å². The van der Waals surface area contributed by atoms with Gasteiger partial charge in [-0.05, 0) is 112 Å². The minimum Gasteiger partial charge on any atom is -0.435 e. The quantitative estimate of drug-likeness (QED) is 0.393. The molecule has 3 aromatic rings. The number of hydrogen-bond acceptors (Lipinski definition) is 4. The number of aryl methyl sites for hydroxylation is 1. The molecule has 2 atom stereocenters. The van der Waals surface area contributed by atoms with E-state index in [4.69, 9.17) is 4.98 Å². The summed E-state index contributed by atoms with van der Waals surface area (Å²) in [6, 6.07) is 12.6. The molecule has 0 saturated carbocycles. The number of alkyl halides is 2. The van der Waals surface area contributed by atoms with Crippen molar-refractivity contribution in [2.75, 3.05) is 19.6 Å². The van der Waals surface area contributed by atoms with Gasteiger partial charge in [-0.1, -0.05) is 19.9 Å². The van der Waals surface area contributed by atoms with Crippen molar-refractivity contribution in [3.8, 4) is 17.1 Å². The molecule has 0 amide bonds. The number of aromatic nitrogens is 2. The molecule has 0 spiro atoms. The number of hydrogen-bond donors (Lipinski definition) is 2. The van der Waals surface area contributed by atoms with Crippen LogP contribution in [0.3, 0.4) is 0 Å². The number of imidazole rings is 1. The summed E-state index contributed by atoms with van der Waals surface area (Å²) in [6.45, 7) is 7.45. The summed E-state index contributed by atoms with van der Waals surface area (Å²) in [5.74, 6) is 2.13. The minimum atomic E-state index is -2.82. The van der Waals surface area contributed by atoms with Gasteiger partial charge in [-0.25, -0.2) is 4.98 Å². The van der Waals surface area contributed by atoms with Crippen LogP contribution >= 0.6 is 0 Å². The fraction of sp³-hybridized carbons (Fsp3) is 0.552. The Kier molecular flexibility index (Phi) is 7.58. The van der Waals surface area contributed by atoms with Crippen molar-refractivity contribution in [1.82, 2.24) is 20.2 Å². The fourth-order valence-corrected chi connectivity index (χ4v) is 6.25. The molecule has 2 aromatic carbocycles. The molecule has 0 aliphatic carbocycles. The van der Waals surface area contributed by atoms with Crippen molar-refractivity contribution < 1.29 is 13.5 Å². The first-order chi connectivity index (χ1) is 17.4. The second kappa shape index (κ2) is 10.9. The van der Waals surface area contributed by atoms with Gasteiger partial charge in [0.05, 0.1) is 11.0 Å². The maximum atomic E-state index is 12.5. The third-order valence-electron chi connectivity index (χ3n) is 7.91. The molecule has 0 bridgehead atoms. The summed E-state index contributed by atoms with van der Waals surface area (Å²) in [4.78, 5) is 11.1. The van der Waals surface area contributed by atoms with Crippen molar-refractivity contribution in [2.24, 2.45) is 5.92 Å². The van der Waals surface area contributed by atoms with E-state index in [1.165, 1.54) is 49.8 Å². The number of H-pyrrole nitrogens is 1. The van der Waals surface area contributed by atoms with Gasteiger partial charge >= 0.3 is 6.61 Å². The zero-order valence-corrected chi connectivity index (χ0v) is 21.6. The largest absolute Gasteiger partial charge is 0.435 e. The lowest BCUT2D eigenvalue weighted by molar-refractivity contribution is -0.0498. The highest BCUT2D eigenvalue weighted by atomic mass is 19.3. The minimum absolute atomic E-state index is 0.148. The van der Waals surface area contributed by atoms with Crippen molar-refractivity contribution in [1.29, 1.82) is 0 Å². The van der Waals surface area contributed by atoms with Gasteiger partial charge in [-0.3, -0.25) is 4.90 Å². The Morgan fingerprint density at radius 2 is 1.83 bits per heavy atom. The van der Waals surface area contributed by atoms with Crippen molar-refractivity contribution in [2.45, 2.75) is 77.5 Å². The molecule has 2 saturated heterocycles. The van der Waals surface area contributed by atoms with Crippen LogP contribution in [0.15, 0.2) is 36.4 Å². The molecule has 5 rings (SSSR count). The standard InChI is InChI=1S/C29H38F2N4O/c1-18(2)14-24-16-21(10-13-35(24)23-8-11-32-12-9-23)22-15-19(3)27-26(17-22)33-28(34-27)20-4-6-25(7-5-20)36-29(30)31/h4-7,15,17-18,21,23-24,29,32H,8-14,16H2,1-3H3,(H,33,34)/t21?,24-/m1/s1. The maximum Gasteiger partial charge on any atom is 0.387 e. The van der Waals surface area contributed by atoms with Crippen LogP contribution in [-0.4, -0.2) is 53.2 Å². The van der Waals surface area contributed by atoms with Gasteiger partial charge in [0, 0.05) is 17.6 Å². The van der Waals surface area contributed by atoms with Gasteiger partial charge < -0.3 is 15.0 Å². The third kappa shape index (κ3) is 5.57. The van der Waals surface area contributed by atoms with Crippen LogP contribution in [0.1, 0.15) is 63.0 Å². The van der Waals surface area contributed by atoms with E-state index in [0.717, 1.165) is 35.5 Å². The molecular formula is C29H38F2N4O. The van der Waals surface area contributed by atoms with E-state index in [9.17, 15) is 8.78 Å². The van der Waals surface area contributed by atoms with E-state index in [0.29, 0.717) is 23.9 Å². The number of benzene rings is 2. The monoisotopic (exact) mass is 496 g/mol. The number of rotatable bonds is 7. The second-order valence-corrected chi connectivity index (χ2v) is 10.9. The van der Waals surface area contributed by atoms with Gasteiger partial charge in [-0.2, -0.15) is 8.78 Å². The van der Waals surface area contributed by atoms with Crippen molar-refractivity contribution in [3.63, 3.8) is 0 Å². The third-order valence-corrected chi connectivity index (χ3v) is 7.91. The molecule has 1 unspecified atom stereocenters. The lowest BCUT2D eigenvalue weighted by Gasteiger charge is -2.46. The van der Waals surface area contributed by atoms with Gasteiger partial charge in [0.25, 0.3) is 0 Å². The van der Waals surface area contributed by atoms with Crippen LogP contribution in [0, 0.1) is 12.8 Å². The Balaban J connectivity index is 1.37. The summed E-state index contributed by atoms with van der Waals surface area (Å²) in [5.41, 5.74) is 5.42. The second-order valence-electron chi connectivity index (χ2n) is 10.9. The van der Waals surface area contributed by atoms with Gasteiger partial charge in [0.15, 0.2) is 0 Å².